The van der Waals surface area contributed by atoms with Gasteiger partial charge in [-0.15, -0.1) is 0 Å². The Morgan fingerprint density at radius 3 is 2.52 bits per heavy atom. The number of halogens is 2. The highest BCUT2D eigenvalue weighted by Crippen LogP contribution is 2.39. The smallest absolute Gasteiger partial charge is 0.170 e. The summed E-state index contributed by atoms with van der Waals surface area (Å²) in [7, 11) is 0. The molecule has 0 spiro atoms. The lowest BCUT2D eigenvalue weighted by Crippen LogP contribution is -2.34. The van der Waals surface area contributed by atoms with Gasteiger partial charge in [-0.25, -0.2) is 0 Å². The summed E-state index contributed by atoms with van der Waals surface area (Å²) in [5.41, 5.74) is 0.597. The molecule has 0 aliphatic carbocycles. The van der Waals surface area contributed by atoms with E-state index in [1.807, 2.05) is 0 Å². The molecule has 0 unspecified atom stereocenters. The van der Waals surface area contributed by atoms with E-state index in [1.54, 1.807) is 18.2 Å². The molecule has 0 bridgehead atoms. The third-order valence-electron chi connectivity index (χ3n) is 4.26. The summed E-state index contributed by atoms with van der Waals surface area (Å²) in [6, 6.07) is 5.19. The number of carbonyl (C=O) groups excluding carboxylic acids is 1. The molecule has 0 amide bonds. The van der Waals surface area contributed by atoms with E-state index < -0.39 is 0 Å². The number of hydrogen-bond donors (Lipinski definition) is 1. The van der Waals surface area contributed by atoms with Crippen molar-refractivity contribution in [2.75, 3.05) is 13.1 Å². The minimum absolute atomic E-state index is 0.190. The first-order chi connectivity index (χ1) is 9.73. The fourth-order valence-electron chi connectivity index (χ4n) is 2.82. The van der Waals surface area contributed by atoms with Crippen molar-refractivity contribution in [3.8, 4) is 0 Å². The summed E-state index contributed by atoms with van der Waals surface area (Å²) in [5, 5.41) is 4.28. The van der Waals surface area contributed by atoms with Gasteiger partial charge in [0.05, 0.1) is 10.0 Å². The third-order valence-corrected chi connectivity index (χ3v) is 5.00. The van der Waals surface area contributed by atoms with Crippen molar-refractivity contribution in [3.05, 3.63) is 33.8 Å². The average molecular weight is 328 g/mol. The summed E-state index contributed by atoms with van der Waals surface area (Å²) >= 11 is 12.0. The molecule has 0 aromatic heterocycles. The molecule has 1 heterocycles. The van der Waals surface area contributed by atoms with Crippen LogP contribution in [0.25, 0.3) is 0 Å². The van der Waals surface area contributed by atoms with Crippen LogP contribution in [-0.4, -0.2) is 18.9 Å². The Bertz CT molecular complexity index is 528. The molecule has 0 radical (unpaired) electrons. The number of nitrogens with one attached hydrogen (secondary N) is 1. The molecule has 1 saturated heterocycles. The highest BCUT2D eigenvalue weighted by atomic mass is 35.5. The Kier molecular flexibility index (Phi) is 5.02. The fraction of sp³-hybridized carbons (Fsp3) is 0.588. The number of ketones is 1. The number of Topliss-reactive ketones (excluding diaryl/α,β-unsaturated/α-hetero) is 1. The lowest BCUT2D eigenvalue weighted by molar-refractivity contribution is 0.0783. The van der Waals surface area contributed by atoms with Gasteiger partial charge in [0, 0.05) is 17.5 Å². The molecule has 116 valence electrons. The normalized spacial score (nSPS) is 22.5. The van der Waals surface area contributed by atoms with E-state index in [4.69, 9.17) is 23.2 Å². The molecular formula is C17H23Cl2NO. The molecule has 2 nitrogen and oxygen atoms in total. The molecule has 1 fully saturated rings. The van der Waals surface area contributed by atoms with E-state index >= 15 is 0 Å². The second-order valence-corrected chi connectivity index (χ2v) is 8.04. The van der Waals surface area contributed by atoms with Crippen LogP contribution in [0.3, 0.4) is 0 Å². The molecule has 4 heteroatoms. The van der Waals surface area contributed by atoms with Gasteiger partial charge >= 0.3 is 0 Å². The molecule has 1 aromatic rings. The topological polar surface area (TPSA) is 29.1 Å². The standard InChI is InChI=1S/C17H23Cl2NO/c1-16(2,3)6-7-17(8-9-20-11-17)15(21)12-4-5-13(18)14(19)10-12/h4-5,10,20H,6-9,11H2,1-3H3/t17-/m0/s1. The van der Waals surface area contributed by atoms with Crippen LogP contribution < -0.4 is 5.32 Å². The van der Waals surface area contributed by atoms with Crippen LogP contribution in [0.1, 0.15) is 50.4 Å². The third kappa shape index (κ3) is 4.00. The zero-order valence-electron chi connectivity index (χ0n) is 12.9. The number of hydrogen-bond acceptors (Lipinski definition) is 2. The molecule has 1 atom stereocenters. The first kappa shape index (κ1) is 16.8. The van der Waals surface area contributed by atoms with Gasteiger partial charge in [0.25, 0.3) is 0 Å². The molecule has 1 N–H and O–H groups in total. The minimum Gasteiger partial charge on any atom is -0.316 e. The first-order valence-corrected chi connectivity index (χ1v) is 8.20. The quantitative estimate of drug-likeness (QED) is 0.790. The predicted molar refractivity (Wildman–Crippen MR) is 89.4 cm³/mol. The van der Waals surface area contributed by atoms with E-state index in [2.05, 4.69) is 26.1 Å². The number of benzene rings is 1. The SMILES string of the molecule is CC(C)(C)CC[C@]1(C(=O)c2ccc(Cl)c(Cl)c2)CCNC1. The molecule has 21 heavy (non-hydrogen) atoms. The van der Waals surface area contributed by atoms with Crippen LogP contribution in [0, 0.1) is 10.8 Å². The highest BCUT2D eigenvalue weighted by Gasteiger charge is 2.41. The van der Waals surface area contributed by atoms with E-state index in [-0.39, 0.29) is 16.6 Å². The molecule has 1 aromatic carbocycles. The van der Waals surface area contributed by atoms with Gasteiger partial charge in [0.15, 0.2) is 5.78 Å². The Morgan fingerprint density at radius 2 is 2.00 bits per heavy atom. The first-order valence-electron chi connectivity index (χ1n) is 7.44. The number of rotatable bonds is 4. The van der Waals surface area contributed by atoms with Gasteiger partial charge in [-0.05, 0) is 49.4 Å². The van der Waals surface area contributed by atoms with Crippen LogP contribution in [0.5, 0.6) is 0 Å². The highest BCUT2D eigenvalue weighted by molar-refractivity contribution is 6.42. The Morgan fingerprint density at radius 1 is 1.29 bits per heavy atom. The minimum atomic E-state index is -0.301. The fourth-order valence-corrected chi connectivity index (χ4v) is 3.12. The predicted octanol–water partition coefficient (Wildman–Crippen LogP) is 4.98. The van der Waals surface area contributed by atoms with Crippen LogP contribution in [0.2, 0.25) is 10.0 Å². The lowest BCUT2D eigenvalue weighted by Gasteiger charge is -2.30. The summed E-state index contributed by atoms with van der Waals surface area (Å²) in [6.45, 7) is 8.30. The summed E-state index contributed by atoms with van der Waals surface area (Å²) in [6.07, 6.45) is 2.83. The monoisotopic (exact) mass is 327 g/mol. The van der Waals surface area contributed by atoms with Crippen molar-refractivity contribution in [2.45, 2.75) is 40.0 Å². The van der Waals surface area contributed by atoms with Gasteiger partial charge < -0.3 is 5.32 Å². The van der Waals surface area contributed by atoms with E-state index in [0.717, 1.165) is 32.4 Å². The second kappa shape index (κ2) is 6.28. The van der Waals surface area contributed by atoms with Gasteiger partial charge in [0.1, 0.15) is 0 Å². The van der Waals surface area contributed by atoms with Crippen LogP contribution in [0.4, 0.5) is 0 Å². The van der Waals surface area contributed by atoms with Crippen molar-refractivity contribution < 1.29 is 4.79 Å². The van der Waals surface area contributed by atoms with Crippen molar-refractivity contribution in [1.82, 2.24) is 5.32 Å². The van der Waals surface area contributed by atoms with Gasteiger partial charge in [0.2, 0.25) is 0 Å². The molecule has 2 rings (SSSR count). The summed E-state index contributed by atoms with van der Waals surface area (Å²) in [4.78, 5) is 13.0. The Hall–Kier alpha value is -0.570. The van der Waals surface area contributed by atoms with Gasteiger partial charge in [-0.2, -0.15) is 0 Å². The maximum Gasteiger partial charge on any atom is 0.170 e. The number of carbonyl (C=O) groups is 1. The van der Waals surface area contributed by atoms with Crippen LogP contribution in [-0.2, 0) is 0 Å². The van der Waals surface area contributed by atoms with Crippen molar-refractivity contribution >= 4 is 29.0 Å². The van der Waals surface area contributed by atoms with E-state index in [1.165, 1.54) is 0 Å². The van der Waals surface area contributed by atoms with Crippen molar-refractivity contribution in [1.29, 1.82) is 0 Å². The zero-order chi connectivity index (χ0) is 15.7. The lowest BCUT2D eigenvalue weighted by atomic mass is 9.72. The summed E-state index contributed by atoms with van der Waals surface area (Å²) in [5.74, 6) is 0.190. The molecule has 1 aliphatic heterocycles. The van der Waals surface area contributed by atoms with E-state index in [9.17, 15) is 4.79 Å². The van der Waals surface area contributed by atoms with Gasteiger partial charge in [-0.3, -0.25) is 4.79 Å². The maximum atomic E-state index is 13.0. The van der Waals surface area contributed by atoms with Crippen molar-refractivity contribution in [3.63, 3.8) is 0 Å². The molecule has 0 saturated carbocycles. The van der Waals surface area contributed by atoms with Gasteiger partial charge in [-0.1, -0.05) is 44.0 Å². The van der Waals surface area contributed by atoms with Crippen LogP contribution >= 0.6 is 23.2 Å². The molecule has 1 aliphatic rings. The van der Waals surface area contributed by atoms with Crippen molar-refractivity contribution in [2.24, 2.45) is 10.8 Å². The van der Waals surface area contributed by atoms with Crippen LogP contribution in [0.15, 0.2) is 18.2 Å². The molecular weight excluding hydrogens is 305 g/mol. The summed E-state index contributed by atoms with van der Waals surface area (Å²) < 4.78 is 0. The zero-order valence-corrected chi connectivity index (χ0v) is 14.4. The average Bonchev–Trinajstić information content (AvgIpc) is 2.88. The second-order valence-electron chi connectivity index (χ2n) is 7.23. The maximum absolute atomic E-state index is 13.0. The Labute approximate surface area is 137 Å². The van der Waals surface area contributed by atoms with E-state index in [0.29, 0.717) is 15.6 Å². The largest absolute Gasteiger partial charge is 0.316 e. The Balaban J connectivity index is 2.24.